The normalized spacial score (nSPS) is 15.4. The number of rotatable bonds is 6. The summed E-state index contributed by atoms with van der Waals surface area (Å²) in [4.78, 5) is 15.2. The van der Waals surface area contributed by atoms with Crippen LogP contribution in [0.15, 0.2) is 72.8 Å². The monoisotopic (exact) mass is 388 g/mol. The van der Waals surface area contributed by atoms with E-state index in [2.05, 4.69) is 17.4 Å². The van der Waals surface area contributed by atoms with E-state index in [-0.39, 0.29) is 12.1 Å². The molecule has 0 saturated heterocycles. The molecule has 29 heavy (non-hydrogen) atoms. The van der Waals surface area contributed by atoms with Crippen LogP contribution in [0.25, 0.3) is 0 Å². The minimum absolute atomic E-state index is 0.0122. The second-order valence-corrected chi connectivity index (χ2v) is 6.93. The molecule has 3 aromatic carbocycles. The van der Waals surface area contributed by atoms with E-state index < -0.39 is 0 Å². The van der Waals surface area contributed by atoms with Crippen LogP contribution < -0.4 is 14.8 Å². The van der Waals surface area contributed by atoms with Crippen LogP contribution in [0.2, 0.25) is 0 Å². The number of anilines is 1. The van der Waals surface area contributed by atoms with Crippen LogP contribution in [-0.4, -0.2) is 31.6 Å². The topological polar surface area (TPSA) is 50.8 Å². The summed E-state index contributed by atoms with van der Waals surface area (Å²) in [5.41, 5.74) is 3.60. The third kappa shape index (κ3) is 3.76. The van der Waals surface area contributed by atoms with Gasteiger partial charge in [0.05, 0.1) is 19.8 Å². The second-order valence-electron chi connectivity index (χ2n) is 6.93. The summed E-state index contributed by atoms with van der Waals surface area (Å²) in [6.07, 6.45) is 0.438. The Balaban J connectivity index is 1.72. The number of hydrogen-bond donors (Lipinski definition) is 1. The Labute approximate surface area is 170 Å². The number of amides is 1. The van der Waals surface area contributed by atoms with Crippen molar-refractivity contribution >= 4 is 11.6 Å². The lowest BCUT2D eigenvalue weighted by molar-refractivity contribution is 0.0683. The first-order chi connectivity index (χ1) is 14.2. The second kappa shape index (κ2) is 8.27. The standard InChI is InChI=1S/C24H24N2O3/c1-28-18-12-13-20(22(16-18)29-2)23-25-21-11-7-6-10-19(21)24(27)26(23)15-14-17-8-4-3-5-9-17/h3-13,16,23,25H,14-15H2,1-2H3/t23-/m1/s1. The third-order valence-corrected chi connectivity index (χ3v) is 5.24. The van der Waals surface area contributed by atoms with Gasteiger partial charge in [0.15, 0.2) is 0 Å². The molecular weight excluding hydrogens is 364 g/mol. The molecule has 4 rings (SSSR count). The first-order valence-electron chi connectivity index (χ1n) is 9.63. The Morgan fingerprint density at radius 1 is 0.931 bits per heavy atom. The molecule has 1 amide bonds. The lowest BCUT2D eigenvalue weighted by Gasteiger charge is -2.38. The number of nitrogens with one attached hydrogen (secondary N) is 1. The quantitative estimate of drug-likeness (QED) is 0.675. The minimum atomic E-state index is -0.332. The number of fused-ring (bicyclic) bond motifs is 1. The molecule has 1 aliphatic heterocycles. The van der Waals surface area contributed by atoms with Gasteiger partial charge in [0.1, 0.15) is 17.7 Å². The first-order valence-corrected chi connectivity index (χ1v) is 9.63. The highest BCUT2D eigenvalue weighted by Gasteiger charge is 2.34. The van der Waals surface area contributed by atoms with Crippen molar-refractivity contribution in [2.45, 2.75) is 12.6 Å². The molecule has 0 saturated carbocycles. The summed E-state index contributed by atoms with van der Waals surface area (Å²) < 4.78 is 10.9. The average Bonchev–Trinajstić information content (AvgIpc) is 2.78. The fourth-order valence-corrected chi connectivity index (χ4v) is 3.71. The summed E-state index contributed by atoms with van der Waals surface area (Å²) in [6, 6.07) is 23.5. The SMILES string of the molecule is COc1ccc([C@@H]2Nc3ccccc3C(=O)N2CCc2ccccc2)c(OC)c1. The van der Waals surface area contributed by atoms with Gasteiger partial charge >= 0.3 is 0 Å². The highest BCUT2D eigenvalue weighted by Crippen LogP contribution is 2.38. The van der Waals surface area contributed by atoms with Crippen molar-refractivity contribution in [1.29, 1.82) is 0 Å². The van der Waals surface area contributed by atoms with Crippen LogP contribution in [0.1, 0.15) is 27.7 Å². The van der Waals surface area contributed by atoms with E-state index in [9.17, 15) is 4.79 Å². The zero-order chi connectivity index (χ0) is 20.2. The van der Waals surface area contributed by atoms with Crippen LogP contribution in [0.4, 0.5) is 5.69 Å². The number of ether oxygens (including phenoxy) is 2. The molecule has 0 aromatic heterocycles. The van der Waals surface area contributed by atoms with Crippen LogP contribution in [0.3, 0.4) is 0 Å². The minimum Gasteiger partial charge on any atom is -0.497 e. The number of benzene rings is 3. The van der Waals surface area contributed by atoms with Crippen molar-refractivity contribution in [3.8, 4) is 11.5 Å². The molecule has 148 valence electrons. The van der Waals surface area contributed by atoms with Gasteiger partial charge in [-0.05, 0) is 36.2 Å². The van der Waals surface area contributed by atoms with E-state index in [0.29, 0.717) is 23.6 Å². The van der Waals surface area contributed by atoms with Crippen LogP contribution in [-0.2, 0) is 6.42 Å². The van der Waals surface area contributed by atoms with Gasteiger partial charge in [0.2, 0.25) is 0 Å². The van der Waals surface area contributed by atoms with Crippen molar-refractivity contribution in [2.75, 3.05) is 26.1 Å². The number of para-hydroxylation sites is 1. The Kier molecular flexibility index (Phi) is 5.38. The van der Waals surface area contributed by atoms with E-state index >= 15 is 0 Å². The lowest BCUT2D eigenvalue weighted by atomic mass is 10.0. The fourth-order valence-electron chi connectivity index (χ4n) is 3.71. The average molecular weight is 388 g/mol. The molecule has 0 fully saturated rings. The van der Waals surface area contributed by atoms with Gasteiger partial charge in [0, 0.05) is 23.9 Å². The summed E-state index contributed by atoms with van der Waals surface area (Å²) in [5.74, 6) is 1.40. The molecule has 0 aliphatic carbocycles. The highest BCUT2D eigenvalue weighted by molar-refractivity contribution is 6.01. The maximum atomic E-state index is 13.4. The van der Waals surface area contributed by atoms with Crippen LogP contribution in [0.5, 0.6) is 11.5 Å². The summed E-state index contributed by atoms with van der Waals surface area (Å²) in [6.45, 7) is 0.587. The van der Waals surface area contributed by atoms with Gasteiger partial charge in [0.25, 0.3) is 5.91 Å². The molecule has 1 atom stereocenters. The van der Waals surface area contributed by atoms with E-state index in [1.54, 1.807) is 14.2 Å². The molecule has 0 bridgehead atoms. The van der Waals surface area contributed by atoms with Crippen molar-refractivity contribution in [3.63, 3.8) is 0 Å². The Morgan fingerprint density at radius 2 is 1.69 bits per heavy atom. The predicted molar refractivity (Wildman–Crippen MR) is 114 cm³/mol. The maximum Gasteiger partial charge on any atom is 0.257 e. The van der Waals surface area contributed by atoms with Crippen molar-refractivity contribution in [3.05, 3.63) is 89.5 Å². The number of hydrogen-bond acceptors (Lipinski definition) is 4. The van der Waals surface area contributed by atoms with Gasteiger partial charge in [-0.1, -0.05) is 42.5 Å². The van der Waals surface area contributed by atoms with Gasteiger partial charge in [-0.25, -0.2) is 0 Å². The van der Waals surface area contributed by atoms with Gasteiger partial charge < -0.3 is 19.7 Å². The van der Waals surface area contributed by atoms with Crippen molar-refractivity contribution < 1.29 is 14.3 Å². The van der Waals surface area contributed by atoms with Crippen molar-refractivity contribution in [1.82, 2.24) is 4.90 Å². The van der Waals surface area contributed by atoms with Gasteiger partial charge in [-0.15, -0.1) is 0 Å². The summed E-state index contributed by atoms with van der Waals surface area (Å²) >= 11 is 0. The van der Waals surface area contributed by atoms with E-state index in [1.807, 2.05) is 65.6 Å². The molecule has 1 heterocycles. The number of carbonyl (C=O) groups excluding carboxylic acids is 1. The first kappa shape index (κ1) is 18.9. The predicted octanol–water partition coefficient (Wildman–Crippen LogP) is 4.51. The van der Waals surface area contributed by atoms with Gasteiger partial charge in [-0.3, -0.25) is 4.79 Å². The molecule has 5 nitrogen and oxygen atoms in total. The molecule has 5 heteroatoms. The van der Waals surface area contributed by atoms with E-state index in [4.69, 9.17) is 9.47 Å². The highest BCUT2D eigenvalue weighted by atomic mass is 16.5. The van der Waals surface area contributed by atoms with Gasteiger partial charge in [-0.2, -0.15) is 0 Å². The number of nitrogens with zero attached hydrogens (tertiary/aromatic N) is 1. The Hall–Kier alpha value is -3.47. The smallest absolute Gasteiger partial charge is 0.257 e. The van der Waals surface area contributed by atoms with Crippen molar-refractivity contribution in [2.24, 2.45) is 0 Å². The van der Waals surface area contributed by atoms with Crippen LogP contribution in [0, 0.1) is 0 Å². The molecule has 1 N–H and O–H groups in total. The Bertz CT molecular complexity index is 1000. The lowest BCUT2D eigenvalue weighted by Crippen LogP contribution is -2.44. The van der Waals surface area contributed by atoms with Crippen LogP contribution >= 0.6 is 0 Å². The number of carbonyl (C=O) groups is 1. The third-order valence-electron chi connectivity index (χ3n) is 5.24. The molecular formula is C24H24N2O3. The maximum absolute atomic E-state index is 13.4. The molecule has 1 aliphatic rings. The van der Waals surface area contributed by atoms with E-state index in [0.717, 1.165) is 17.7 Å². The number of methoxy groups -OCH3 is 2. The molecule has 3 aromatic rings. The zero-order valence-corrected chi connectivity index (χ0v) is 16.6. The molecule has 0 radical (unpaired) electrons. The summed E-state index contributed by atoms with van der Waals surface area (Å²) in [5, 5.41) is 3.53. The van der Waals surface area contributed by atoms with E-state index in [1.165, 1.54) is 5.56 Å². The summed E-state index contributed by atoms with van der Waals surface area (Å²) in [7, 11) is 3.25. The Morgan fingerprint density at radius 3 is 2.45 bits per heavy atom. The fraction of sp³-hybridized carbons (Fsp3) is 0.208. The zero-order valence-electron chi connectivity index (χ0n) is 16.6. The largest absolute Gasteiger partial charge is 0.497 e. The molecule has 0 unspecified atom stereocenters. The molecule has 0 spiro atoms.